The largest absolute Gasteiger partial charge is 0.480 e. The smallest absolute Gasteiger partial charge is 0.320 e. The lowest BCUT2D eigenvalue weighted by molar-refractivity contribution is -0.138. The van der Waals surface area contributed by atoms with Crippen molar-refractivity contribution < 1.29 is 14.7 Å². The van der Waals surface area contributed by atoms with E-state index in [9.17, 15) is 9.59 Å². The summed E-state index contributed by atoms with van der Waals surface area (Å²) in [5, 5.41) is 8.77. The molecule has 6 nitrogen and oxygen atoms in total. The van der Waals surface area contributed by atoms with E-state index >= 15 is 0 Å². The van der Waals surface area contributed by atoms with Gasteiger partial charge in [-0.3, -0.25) is 9.69 Å². The minimum atomic E-state index is -0.801. The van der Waals surface area contributed by atoms with Gasteiger partial charge >= 0.3 is 12.0 Å². The van der Waals surface area contributed by atoms with E-state index in [-0.39, 0.29) is 12.6 Å². The van der Waals surface area contributed by atoms with Gasteiger partial charge in [-0.15, -0.1) is 0 Å². The number of amides is 2. The molecule has 1 aliphatic carbocycles. The summed E-state index contributed by atoms with van der Waals surface area (Å²) in [6.45, 7) is 2.83. The van der Waals surface area contributed by atoms with Crippen LogP contribution >= 0.6 is 0 Å². The molecule has 18 heavy (non-hydrogen) atoms. The lowest BCUT2D eigenvalue weighted by Gasteiger charge is -2.27. The van der Waals surface area contributed by atoms with Crippen LogP contribution in [-0.2, 0) is 4.79 Å². The van der Waals surface area contributed by atoms with Crippen LogP contribution < -0.4 is 0 Å². The Balaban J connectivity index is 1.84. The maximum absolute atomic E-state index is 12.2. The van der Waals surface area contributed by atoms with Gasteiger partial charge in [0.15, 0.2) is 0 Å². The van der Waals surface area contributed by atoms with Gasteiger partial charge in [-0.25, -0.2) is 4.79 Å². The second-order valence-electron chi connectivity index (χ2n) is 5.14. The number of carboxylic acids is 1. The molecule has 6 heteroatoms. The third-order valence-corrected chi connectivity index (χ3v) is 3.61. The fourth-order valence-corrected chi connectivity index (χ4v) is 2.35. The number of urea groups is 1. The second-order valence-corrected chi connectivity index (χ2v) is 5.14. The van der Waals surface area contributed by atoms with Crippen molar-refractivity contribution in [3.8, 4) is 0 Å². The van der Waals surface area contributed by atoms with Crippen molar-refractivity contribution >= 4 is 12.0 Å². The zero-order valence-electron chi connectivity index (χ0n) is 10.8. The Hall–Kier alpha value is -1.30. The minimum absolute atomic E-state index is 0.0699. The highest BCUT2D eigenvalue weighted by molar-refractivity contribution is 5.75. The van der Waals surface area contributed by atoms with Crippen LogP contribution in [0.5, 0.6) is 0 Å². The Kier molecular flexibility index (Phi) is 4.06. The van der Waals surface area contributed by atoms with Gasteiger partial charge < -0.3 is 14.9 Å². The first-order valence-electron chi connectivity index (χ1n) is 6.54. The van der Waals surface area contributed by atoms with Crippen LogP contribution in [0.4, 0.5) is 4.79 Å². The standard InChI is InChI=1S/C12H21N3O3/c1-13(10-3-4-10)12(18)15-6-2-5-14(7-8-15)9-11(16)17/h10H,2-9H2,1H3,(H,16,17). The van der Waals surface area contributed by atoms with Gasteiger partial charge in [-0.05, 0) is 19.3 Å². The summed E-state index contributed by atoms with van der Waals surface area (Å²) in [6, 6.07) is 0.519. The molecule has 2 aliphatic rings. The van der Waals surface area contributed by atoms with Gasteiger partial charge in [-0.1, -0.05) is 0 Å². The summed E-state index contributed by atoms with van der Waals surface area (Å²) in [4.78, 5) is 28.4. The van der Waals surface area contributed by atoms with Crippen LogP contribution in [0.15, 0.2) is 0 Å². The Morgan fingerprint density at radius 3 is 2.56 bits per heavy atom. The molecule has 0 aromatic rings. The SMILES string of the molecule is CN(C(=O)N1CCCN(CC(=O)O)CC1)C1CC1. The predicted molar refractivity (Wildman–Crippen MR) is 66.4 cm³/mol. The number of carbonyl (C=O) groups excluding carboxylic acids is 1. The Morgan fingerprint density at radius 2 is 1.94 bits per heavy atom. The Morgan fingerprint density at radius 1 is 1.22 bits per heavy atom. The summed E-state index contributed by atoms with van der Waals surface area (Å²) >= 11 is 0. The number of carboxylic acid groups (broad SMARTS) is 1. The lowest BCUT2D eigenvalue weighted by atomic mass is 10.4. The van der Waals surface area contributed by atoms with Crippen molar-refractivity contribution in [3.63, 3.8) is 0 Å². The van der Waals surface area contributed by atoms with Gasteiger partial charge in [0.1, 0.15) is 0 Å². The molecule has 0 aromatic carbocycles. The van der Waals surface area contributed by atoms with Crippen molar-refractivity contribution in [1.82, 2.24) is 14.7 Å². The molecule has 0 bridgehead atoms. The van der Waals surface area contributed by atoms with Gasteiger partial charge in [-0.2, -0.15) is 0 Å². The topological polar surface area (TPSA) is 64.1 Å². The molecule has 0 aromatic heterocycles. The van der Waals surface area contributed by atoms with E-state index in [1.54, 1.807) is 0 Å². The monoisotopic (exact) mass is 255 g/mol. The summed E-state index contributed by atoms with van der Waals surface area (Å²) in [7, 11) is 1.86. The summed E-state index contributed by atoms with van der Waals surface area (Å²) in [5.41, 5.74) is 0. The first-order valence-corrected chi connectivity index (χ1v) is 6.54. The normalized spacial score (nSPS) is 21.5. The molecule has 2 amide bonds. The highest BCUT2D eigenvalue weighted by atomic mass is 16.4. The molecule has 2 rings (SSSR count). The number of nitrogens with zero attached hydrogens (tertiary/aromatic N) is 3. The molecule has 0 spiro atoms. The predicted octanol–water partition coefficient (Wildman–Crippen LogP) is 0.293. The molecule has 1 saturated heterocycles. The van der Waals surface area contributed by atoms with Crippen LogP contribution in [0.1, 0.15) is 19.3 Å². The molecular formula is C12H21N3O3. The molecule has 1 aliphatic heterocycles. The van der Waals surface area contributed by atoms with E-state index in [4.69, 9.17) is 5.11 Å². The second kappa shape index (κ2) is 5.56. The van der Waals surface area contributed by atoms with E-state index in [2.05, 4.69) is 0 Å². The zero-order valence-corrected chi connectivity index (χ0v) is 10.8. The van der Waals surface area contributed by atoms with Crippen LogP contribution in [0.2, 0.25) is 0 Å². The average Bonchev–Trinajstić information content (AvgIpc) is 3.13. The van der Waals surface area contributed by atoms with Crippen molar-refractivity contribution in [1.29, 1.82) is 0 Å². The lowest BCUT2D eigenvalue weighted by Crippen LogP contribution is -2.44. The van der Waals surface area contributed by atoms with E-state index < -0.39 is 5.97 Å². The quantitative estimate of drug-likeness (QED) is 0.787. The molecule has 0 unspecified atom stereocenters. The summed E-state index contributed by atoms with van der Waals surface area (Å²) in [5.74, 6) is -0.801. The molecule has 1 N–H and O–H groups in total. The van der Waals surface area contributed by atoms with Gasteiger partial charge in [0.2, 0.25) is 0 Å². The maximum atomic E-state index is 12.2. The summed E-state index contributed by atoms with van der Waals surface area (Å²) in [6.07, 6.45) is 3.07. The third-order valence-electron chi connectivity index (χ3n) is 3.61. The van der Waals surface area contributed by atoms with E-state index in [0.29, 0.717) is 19.1 Å². The highest BCUT2D eigenvalue weighted by Gasteiger charge is 2.32. The van der Waals surface area contributed by atoms with Crippen LogP contribution in [0, 0.1) is 0 Å². The third kappa shape index (κ3) is 3.35. The van der Waals surface area contributed by atoms with Crippen LogP contribution in [0.3, 0.4) is 0 Å². The van der Waals surface area contributed by atoms with E-state index in [1.165, 1.54) is 0 Å². The number of aliphatic carboxylic acids is 1. The molecular weight excluding hydrogens is 234 g/mol. The van der Waals surface area contributed by atoms with E-state index in [0.717, 1.165) is 32.4 Å². The maximum Gasteiger partial charge on any atom is 0.320 e. The minimum Gasteiger partial charge on any atom is -0.480 e. The Bertz CT molecular complexity index is 331. The fourth-order valence-electron chi connectivity index (χ4n) is 2.35. The number of carbonyl (C=O) groups is 2. The van der Waals surface area contributed by atoms with E-state index in [1.807, 2.05) is 21.7 Å². The van der Waals surface area contributed by atoms with Gasteiger partial charge in [0, 0.05) is 39.3 Å². The molecule has 1 heterocycles. The molecule has 1 saturated carbocycles. The molecule has 0 radical (unpaired) electrons. The average molecular weight is 255 g/mol. The van der Waals surface area contributed by atoms with Gasteiger partial charge in [0.05, 0.1) is 6.54 Å². The molecule has 102 valence electrons. The Labute approximate surface area is 107 Å². The first kappa shape index (κ1) is 13.1. The number of hydrogen-bond donors (Lipinski definition) is 1. The highest BCUT2D eigenvalue weighted by Crippen LogP contribution is 2.26. The number of hydrogen-bond acceptors (Lipinski definition) is 3. The molecule has 2 fully saturated rings. The van der Waals surface area contributed by atoms with Crippen molar-refractivity contribution in [2.24, 2.45) is 0 Å². The van der Waals surface area contributed by atoms with Crippen LogP contribution in [0.25, 0.3) is 0 Å². The van der Waals surface area contributed by atoms with Crippen LogP contribution in [-0.4, -0.2) is 77.6 Å². The van der Waals surface area contributed by atoms with Crippen molar-refractivity contribution in [3.05, 3.63) is 0 Å². The molecule has 0 atom stereocenters. The zero-order chi connectivity index (χ0) is 13.1. The summed E-state index contributed by atoms with van der Waals surface area (Å²) < 4.78 is 0. The van der Waals surface area contributed by atoms with Crippen molar-refractivity contribution in [2.45, 2.75) is 25.3 Å². The number of rotatable bonds is 3. The first-order chi connectivity index (χ1) is 8.58. The fraction of sp³-hybridized carbons (Fsp3) is 0.833. The van der Waals surface area contributed by atoms with Crippen molar-refractivity contribution in [2.75, 3.05) is 39.8 Å². The van der Waals surface area contributed by atoms with Gasteiger partial charge in [0.25, 0.3) is 0 Å².